The van der Waals surface area contributed by atoms with Crippen molar-refractivity contribution in [2.75, 3.05) is 20.1 Å². The normalized spacial score (nSPS) is 21.8. The Hall–Kier alpha value is -2.73. The van der Waals surface area contributed by atoms with E-state index in [1.807, 2.05) is 24.3 Å². The Morgan fingerprint density at radius 1 is 1.22 bits per heavy atom. The third-order valence-corrected chi connectivity index (χ3v) is 8.01. The molecule has 1 N–H and O–H groups in total. The predicted molar refractivity (Wildman–Crippen MR) is 140 cm³/mol. The Kier molecular flexibility index (Phi) is 7.16. The van der Waals surface area contributed by atoms with E-state index in [2.05, 4.69) is 36.8 Å². The lowest BCUT2D eigenvalue weighted by molar-refractivity contribution is -0.169. The average Bonchev–Trinajstić information content (AvgIpc) is 3.62. The van der Waals surface area contributed by atoms with E-state index in [0.717, 1.165) is 86.0 Å². The summed E-state index contributed by atoms with van der Waals surface area (Å²) in [6.07, 6.45) is 6.04. The Bertz CT molecular complexity index is 1180. The first kappa shape index (κ1) is 24.9. The van der Waals surface area contributed by atoms with Gasteiger partial charge in [0.2, 0.25) is 0 Å². The summed E-state index contributed by atoms with van der Waals surface area (Å²) in [6.45, 7) is 6.18. The van der Waals surface area contributed by atoms with Crippen LogP contribution in [0.15, 0.2) is 42.5 Å². The van der Waals surface area contributed by atoms with Gasteiger partial charge in [-0.15, -0.1) is 0 Å². The number of carbonyl (C=O) groups excluding carboxylic acids is 1. The van der Waals surface area contributed by atoms with E-state index in [1.54, 1.807) is 12.1 Å². The Labute approximate surface area is 213 Å². The zero-order valence-electron chi connectivity index (χ0n) is 21.7. The van der Waals surface area contributed by atoms with Crippen molar-refractivity contribution in [3.8, 4) is 0 Å². The van der Waals surface area contributed by atoms with Crippen LogP contribution in [0.3, 0.4) is 0 Å². The summed E-state index contributed by atoms with van der Waals surface area (Å²) in [5.41, 5.74) is 3.75. The van der Waals surface area contributed by atoms with Crippen molar-refractivity contribution in [2.45, 2.75) is 70.3 Å². The summed E-state index contributed by atoms with van der Waals surface area (Å²) in [5, 5.41) is 0. The van der Waals surface area contributed by atoms with E-state index in [4.69, 9.17) is 9.72 Å². The number of imidazole rings is 1. The third-order valence-electron chi connectivity index (χ3n) is 8.01. The fraction of sp³-hybridized carbons (Fsp3) is 0.533. The van der Waals surface area contributed by atoms with Gasteiger partial charge in [-0.2, -0.15) is 0 Å². The summed E-state index contributed by atoms with van der Waals surface area (Å²) >= 11 is 0. The van der Waals surface area contributed by atoms with E-state index in [0.29, 0.717) is 0 Å². The van der Waals surface area contributed by atoms with E-state index in [1.165, 1.54) is 0 Å². The molecule has 5 rings (SSSR count). The van der Waals surface area contributed by atoms with Gasteiger partial charge in [0.15, 0.2) is 0 Å². The number of aryl methyl sites for hydroxylation is 2. The highest BCUT2D eigenvalue weighted by atomic mass is 19.1. The molecule has 2 atom stereocenters. The molecule has 0 amide bonds. The molecule has 0 spiro atoms. The fourth-order valence-corrected chi connectivity index (χ4v) is 6.03. The molecule has 6 heteroatoms. The molecule has 0 unspecified atom stereocenters. The number of aromatic amines is 1. The van der Waals surface area contributed by atoms with E-state index < -0.39 is 5.60 Å². The Morgan fingerprint density at radius 3 is 2.78 bits per heavy atom. The standard InChI is InChI=1S/C30H38FN3O2/c1-20(2)28-24-13-12-23(31)19-22(24)14-15-30(28,36-29(35)21-10-11-21)16-18-34(3)17-6-9-27-32-25-7-4-5-8-26(25)33-27/h4-5,7-8,12-13,19-21,28H,6,9-11,14-18H2,1-3H3,(H,32,33)/t28-,30-/m1/s1. The molecule has 1 heterocycles. The largest absolute Gasteiger partial charge is 0.458 e. The summed E-state index contributed by atoms with van der Waals surface area (Å²) in [7, 11) is 2.14. The molecule has 0 aliphatic heterocycles. The first-order valence-corrected chi connectivity index (χ1v) is 13.5. The zero-order chi connectivity index (χ0) is 25.3. The van der Waals surface area contributed by atoms with E-state index in [9.17, 15) is 9.18 Å². The Balaban J connectivity index is 1.27. The first-order valence-electron chi connectivity index (χ1n) is 13.5. The molecule has 0 bridgehead atoms. The maximum atomic E-state index is 14.0. The number of rotatable bonds is 10. The van der Waals surface area contributed by atoms with E-state index in [-0.39, 0.29) is 29.5 Å². The van der Waals surface area contributed by atoms with Crippen molar-refractivity contribution in [3.05, 3.63) is 65.2 Å². The molecule has 2 aromatic carbocycles. The van der Waals surface area contributed by atoms with Crippen LogP contribution in [0, 0.1) is 17.7 Å². The van der Waals surface area contributed by atoms with Crippen LogP contribution in [0.1, 0.15) is 68.8 Å². The minimum Gasteiger partial charge on any atom is -0.458 e. The monoisotopic (exact) mass is 491 g/mol. The number of hydrogen-bond acceptors (Lipinski definition) is 4. The SMILES string of the molecule is CC(C)[C@@H]1c2ccc(F)cc2CC[C@]1(CCN(C)CCCc1nc2ccccc2[nH]1)OC(=O)C1CC1. The van der Waals surface area contributed by atoms with Crippen LogP contribution in [0.4, 0.5) is 4.39 Å². The number of H-pyrrole nitrogens is 1. The second kappa shape index (κ2) is 10.3. The maximum absolute atomic E-state index is 14.0. The maximum Gasteiger partial charge on any atom is 0.309 e. The molecule has 5 nitrogen and oxygen atoms in total. The second-order valence-corrected chi connectivity index (χ2v) is 11.2. The molecule has 1 fully saturated rings. The number of para-hydroxylation sites is 2. The van der Waals surface area contributed by atoms with Crippen LogP contribution < -0.4 is 0 Å². The number of halogens is 1. The highest BCUT2D eigenvalue weighted by Crippen LogP contribution is 2.49. The van der Waals surface area contributed by atoms with Crippen LogP contribution in [-0.4, -0.2) is 46.6 Å². The van der Waals surface area contributed by atoms with Gasteiger partial charge in [-0.25, -0.2) is 9.37 Å². The number of aromatic nitrogens is 2. The highest BCUT2D eigenvalue weighted by molar-refractivity contribution is 5.76. The van der Waals surface area contributed by atoms with Gasteiger partial charge in [0.1, 0.15) is 17.2 Å². The Morgan fingerprint density at radius 2 is 2.03 bits per heavy atom. The van der Waals surface area contributed by atoms with Gasteiger partial charge in [-0.3, -0.25) is 4.79 Å². The van der Waals surface area contributed by atoms with Gasteiger partial charge in [0, 0.05) is 25.3 Å². The zero-order valence-corrected chi connectivity index (χ0v) is 21.7. The molecule has 3 aromatic rings. The lowest BCUT2D eigenvalue weighted by Crippen LogP contribution is -2.48. The van der Waals surface area contributed by atoms with Crippen LogP contribution in [-0.2, 0) is 22.4 Å². The summed E-state index contributed by atoms with van der Waals surface area (Å²) < 4.78 is 20.4. The molecule has 2 aliphatic carbocycles. The third kappa shape index (κ3) is 5.34. The molecule has 1 aromatic heterocycles. The summed E-state index contributed by atoms with van der Waals surface area (Å²) in [5.74, 6) is 1.19. The second-order valence-electron chi connectivity index (χ2n) is 11.2. The highest BCUT2D eigenvalue weighted by Gasteiger charge is 2.49. The number of fused-ring (bicyclic) bond motifs is 2. The van der Waals surface area contributed by atoms with Gasteiger partial charge in [0.05, 0.1) is 17.0 Å². The molecule has 0 saturated heterocycles. The molecule has 2 aliphatic rings. The fourth-order valence-electron chi connectivity index (χ4n) is 6.03. The predicted octanol–water partition coefficient (Wildman–Crippen LogP) is 6.03. The van der Waals surface area contributed by atoms with Crippen molar-refractivity contribution in [3.63, 3.8) is 0 Å². The topological polar surface area (TPSA) is 58.2 Å². The number of benzene rings is 2. The van der Waals surface area contributed by atoms with Crippen LogP contribution >= 0.6 is 0 Å². The van der Waals surface area contributed by atoms with Gasteiger partial charge >= 0.3 is 5.97 Å². The minimum absolute atomic E-state index is 0.0428. The first-order chi connectivity index (χ1) is 17.3. The van der Waals surface area contributed by atoms with Gasteiger partial charge in [-0.05, 0) is 87.0 Å². The van der Waals surface area contributed by atoms with Crippen LogP contribution in [0.5, 0.6) is 0 Å². The van der Waals surface area contributed by atoms with Gasteiger partial charge in [-0.1, -0.05) is 32.0 Å². The summed E-state index contributed by atoms with van der Waals surface area (Å²) in [4.78, 5) is 23.4. The van der Waals surface area contributed by atoms with E-state index >= 15 is 0 Å². The van der Waals surface area contributed by atoms with Crippen LogP contribution in [0.25, 0.3) is 11.0 Å². The van der Waals surface area contributed by atoms with Gasteiger partial charge in [0.25, 0.3) is 0 Å². The number of nitrogens with zero attached hydrogens (tertiary/aromatic N) is 2. The molecular weight excluding hydrogens is 453 g/mol. The lowest BCUT2D eigenvalue weighted by atomic mass is 9.65. The molecule has 0 radical (unpaired) electrons. The minimum atomic E-state index is -0.550. The number of carbonyl (C=O) groups is 1. The van der Waals surface area contributed by atoms with Crippen molar-refractivity contribution in [1.29, 1.82) is 0 Å². The van der Waals surface area contributed by atoms with Crippen LogP contribution in [0.2, 0.25) is 0 Å². The lowest BCUT2D eigenvalue weighted by Gasteiger charge is -2.47. The van der Waals surface area contributed by atoms with Crippen molar-refractivity contribution >= 4 is 17.0 Å². The summed E-state index contributed by atoms with van der Waals surface area (Å²) in [6, 6.07) is 13.3. The quantitative estimate of drug-likeness (QED) is 0.352. The molecule has 1 saturated carbocycles. The number of nitrogens with one attached hydrogen (secondary N) is 1. The van der Waals surface area contributed by atoms with Gasteiger partial charge < -0.3 is 14.6 Å². The number of ether oxygens (including phenoxy) is 1. The molecular formula is C30H38FN3O2. The number of esters is 1. The molecule has 36 heavy (non-hydrogen) atoms. The van der Waals surface area contributed by atoms with Crippen molar-refractivity contribution in [2.24, 2.45) is 11.8 Å². The van der Waals surface area contributed by atoms with Crippen molar-refractivity contribution in [1.82, 2.24) is 14.9 Å². The average molecular weight is 492 g/mol. The number of hydrogen-bond donors (Lipinski definition) is 1. The van der Waals surface area contributed by atoms with Crippen molar-refractivity contribution < 1.29 is 13.9 Å². The smallest absolute Gasteiger partial charge is 0.309 e. The molecule has 192 valence electrons.